The van der Waals surface area contributed by atoms with Crippen molar-refractivity contribution in [1.29, 1.82) is 0 Å². The van der Waals surface area contributed by atoms with Crippen LogP contribution in [0, 0.1) is 0 Å². The fourth-order valence-corrected chi connectivity index (χ4v) is 5.43. The Labute approximate surface area is 247 Å². The molecule has 0 aliphatic heterocycles. The van der Waals surface area contributed by atoms with Crippen molar-refractivity contribution in [3.63, 3.8) is 0 Å². The number of carbonyl (C=O) groups excluding carboxylic acids is 1. The van der Waals surface area contributed by atoms with Crippen molar-refractivity contribution in [2.45, 2.75) is 45.6 Å². The van der Waals surface area contributed by atoms with E-state index in [-0.39, 0.29) is 11.5 Å². The fraction of sp³-hybridized carbons (Fsp3) is 0.250. The number of fused-ring (bicyclic) bond motifs is 1. The molecule has 0 fully saturated rings. The molecule has 0 radical (unpaired) electrons. The largest absolute Gasteiger partial charge is 0.494 e. The van der Waals surface area contributed by atoms with Crippen molar-refractivity contribution in [3.05, 3.63) is 136 Å². The molecule has 6 heteroatoms. The number of nitrogens with zero attached hydrogens (tertiary/aromatic N) is 3. The topological polar surface area (TPSA) is 64.4 Å². The summed E-state index contributed by atoms with van der Waals surface area (Å²) in [6, 6.07) is 34.1. The fourth-order valence-electron chi connectivity index (χ4n) is 5.43. The molecule has 4 aromatic carbocycles. The number of ether oxygens (including phenoxy) is 1. The van der Waals surface area contributed by atoms with E-state index in [1.165, 1.54) is 0 Å². The predicted molar refractivity (Wildman–Crippen MR) is 168 cm³/mol. The molecule has 6 nitrogen and oxygen atoms in total. The Balaban J connectivity index is 1.66. The van der Waals surface area contributed by atoms with Crippen molar-refractivity contribution in [2.24, 2.45) is 0 Å². The molecule has 5 aromatic rings. The Hall–Kier alpha value is -4.71. The maximum Gasteiger partial charge on any atom is 0.266 e. The summed E-state index contributed by atoms with van der Waals surface area (Å²) in [6.07, 6.45) is 1.75. The Morgan fingerprint density at radius 3 is 2.02 bits per heavy atom. The van der Waals surface area contributed by atoms with Crippen LogP contribution in [-0.2, 0) is 4.79 Å². The number of hydrogen-bond acceptors (Lipinski definition) is 4. The molecule has 0 aliphatic rings. The summed E-state index contributed by atoms with van der Waals surface area (Å²) in [6.45, 7) is 7.12. The van der Waals surface area contributed by atoms with Gasteiger partial charge in [-0.15, -0.1) is 0 Å². The van der Waals surface area contributed by atoms with Gasteiger partial charge in [-0.25, -0.2) is 4.98 Å². The minimum absolute atomic E-state index is 0.0194. The minimum atomic E-state index is -0.488. The minimum Gasteiger partial charge on any atom is -0.494 e. The second kappa shape index (κ2) is 13.3. The summed E-state index contributed by atoms with van der Waals surface area (Å²) < 4.78 is 7.29. The summed E-state index contributed by atoms with van der Waals surface area (Å²) in [4.78, 5) is 35.6. The smallest absolute Gasteiger partial charge is 0.266 e. The van der Waals surface area contributed by atoms with E-state index < -0.39 is 12.0 Å². The molecule has 0 bridgehead atoms. The van der Waals surface area contributed by atoms with E-state index in [0.29, 0.717) is 35.6 Å². The average Bonchev–Trinajstić information content (AvgIpc) is 3.03. The monoisotopic (exact) mass is 559 g/mol. The summed E-state index contributed by atoms with van der Waals surface area (Å²) in [5.74, 6) is 0.741. The predicted octanol–water partition coefficient (Wildman–Crippen LogP) is 7.31. The standard InChI is InChI=1S/C36H37N3O3/c1-4-6-25-38(36(41)33(27-15-9-7-10-16-27)28-17-11-8-12-18-28)26(3)34-37-32-20-14-13-19-31(32)35(40)39(34)29-21-23-30(24-22-29)42-5-2/h7-24,26,33H,4-6,25H2,1-3H3. The van der Waals surface area contributed by atoms with Gasteiger partial charge in [-0.3, -0.25) is 14.2 Å². The molecule has 1 unspecified atom stereocenters. The number of amides is 1. The van der Waals surface area contributed by atoms with Crippen LogP contribution in [0.1, 0.15) is 62.5 Å². The van der Waals surface area contributed by atoms with Crippen LogP contribution in [0.3, 0.4) is 0 Å². The number of hydrogen-bond donors (Lipinski definition) is 0. The van der Waals surface area contributed by atoms with Crippen molar-refractivity contribution in [2.75, 3.05) is 13.2 Å². The number of para-hydroxylation sites is 1. The second-order valence-corrected chi connectivity index (χ2v) is 10.4. The van der Waals surface area contributed by atoms with Crippen LogP contribution in [0.5, 0.6) is 5.75 Å². The number of benzene rings is 4. The van der Waals surface area contributed by atoms with Crippen molar-refractivity contribution >= 4 is 16.8 Å². The lowest BCUT2D eigenvalue weighted by atomic mass is 9.89. The molecule has 0 saturated heterocycles. The highest BCUT2D eigenvalue weighted by molar-refractivity contribution is 5.87. The maximum atomic E-state index is 14.7. The molecule has 0 saturated carbocycles. The normalized spacial score (nSPS) is 11.9. The third kappa shape index (κ3) is 5.98. The van der Waals surface area contributed by atoms with Crippen molar-refractivity contribution < 1.29 is 9.53 Å². The van der Waals surface area contributed by atoms with Gasteiger partial charge in [0.2, 0.25) is 5.91 Å². The van der Waals surface area contributed by atoms with Crippen LogP contribution in [-0.4, -0.2) is 33.5 Å². The van der Waals surface area contributed by atoms with Crippen LogP contribution in [0.4, 0.5) is 0 Å². The number of carbonyl (C=O) groups is 1. The molecule has 1 atom stereocenters. The van der Waals surface area contributed by atoms with Crippen LogP contribution < -0.4 is 10.3 Å². The van der Waals surface area contributed by atoms with E-state index in [9.17, 15) is 9.59 Å². The van der Waals surface area contributed by atoms with Gasteiger partial charge in [0.1, 0.15) is 11.6 Å². The van der Waals surface area contributed by atoms with E-state index in [0.717, 1.165) is 29.7 Å². The van der Waals surface area contributed by atoms with E-state index >= 15 is 0 Å². The quantitative estimate of drug-likeness (QED) is 0.170. The van der Waals surface area contributed by atoms with Gasteiger partial charge < -0.3 is 9.64 Å². The van der Waals surface area contributed by atoms with Crippen LogP contribution in [0.25, 0.3) is 16.6 Å². The van der Waals surface area contributed by atoms with Gasteiger partial charge in [0, 0.05) is 6.54 Å². The number of unbranched alkanes of at least 4 members (excludes halogenated alkanes) is 1. The maximum absolute atomic E-state index is 14.7. The highest BCUT2D eigenvalue weighted by Crippen LogP contribution is 2.32. The molecule has 0 aliphatic carbocycles. The van der Waals surface area contributed by atoms with Gasteiger partial charge in [-0.2, -0.15) is 0 Å². The average molecular weight is 560 g/mol. The first-order chi connectivity index (χ1) is 20.5. The van der Waals surface area contributed by atoms with Gasteiger partial charge >= 0.3 is 0 Å². The van der Waals surface area contributed by atoms with Gasteiger partial charge in [0.05, 0.1) is 35.2 Å². The highest BCUT2D eigenvalue weighted by Gasteiger charge is 2.33. The van der Waals surface area contributed by atoms with Crippen molar-refractivity contribution in [3.8, 4) is 11.4 Å². The van der Waals surface area contributed by atoms with E-state index in [2.05, 4.69) is 6.92 Å². The molecular formula is C36H37N3O3. The molecule has 5 rings (SSSR count). The van der Waals surface area contributed by atoms with Crippen LogP contribution >= 0.6 is 0 Å². The summed E-state index contributed by atoms with van der Waals surface area (Å²) >= 11 is 0. The lowest BCUT2D eigenvalue weighted by Crippen LogP contribution is -2.40. The van der Waals surface area contributed by atoms with E-state index in [1.54, 1.807) is 10.6 Å². The molecule has 0 spiro atoms. The Morgan fingerprint density at radius 2 is 1.43 bits per heavy atom. The van der Waals surface area contributed by atoms with Gasteiger partial charge in [-0.05, 0) is 67.8 Å². The SMILES string of the molecule is CCCCN(C(=O)C(c1ccccc1)c1ccccc1)C(C)c1nc2ccccc2c(=O)n1-c1ccc(OCC)cc1. The first kappa shape index (κ1) is 28.8. The zero-order valence-electron chi connectivity index (χ0n) is 24.4. The third-order valence-electron chi connectivity index (χ3n) is 7.60. The first-order valence-electron chi connectivity index (χ1n) is 14.7. The van der Waals surface area contributed by atoms with E-state index in [4.69, 9.17) is 9.72 Å². The first-order valence-corrected chi connectivity index (χ1v) is 14.7. The Bertz CT molecular complexity index is 1640. The van der Waals surface area contributed by atoms with Crippen LogP contribution in [0.15, 0.2) is 114 Å². The van der Waals surface area contributed by atoms with Crippen LogP contribution in [0.2, 0.25) is 0 Å². The summed E-state index contributed by atoms with van der Waals surface area (Å²) in [5, 5.41) is 0.528. The molecular weight excluding hydrogens is 522 g/mol. The van der Waals surface area contributed by atoms with Gasteiger partial charge in [0.25, 0.3) is 5.56 Å². The summed E-state index contributed by atoms with van der Waals surface area (Å²) in [5.41, 5.74) is 2.97. The number of rotatable bonds is 11. The van der Waals surface area contributed by atoms with Crippen molar-refractivity contribution in [1.82, 2.24) is 14.5 Å². The van der Waals surface area contributed by atoms with Gasteiger partial charge in [-0.1, -0.05) is 86.1 Å². The molecule has 42 heavy (non-hydrogen) atoms. The molecule has 1 aromatic heterocycles. The highest BCUT2D eigenvalue weighted by atomic mass is 16.5. The molecule has 0 N–H and O–H groups in total. The third-order valence-corrected chi connectivity index (χ3v) is 7.60. The zero-order chi connectivity index (χ0) is 29.5. The lowest BCUT2D eigenvalue weighted by molar-refractivity contribution is -0.134. The number of aromatic nitrogens is 2. The molecule has 1 amide bonds. The molecule has 214 valence electrons. The zero-order valence-corrected chi connectivity index (χ0v) is 24.4. The second-order valence-electron chi connectivity index (χ2n) is 10.4. The van der Waals surface area contributed by atoms with E-state index in [1.807, 2.05) is 122 Å². The van der Waals surface area contributed by atoms with Gasteiger partial charge in [0.15, 0.2) is 0 Å². The summed E-state index contributed by atoms with van der Waals surface area (Å²) in [7, 11) is 0. The Morgan fingerprint density at radius 1 is 0.833 bits per heavy atom. The molecule has 1 heterocycles. The Kier molecular flexibility index (Phi) is 9.12. The lowest BCUT2D eigenvalue weighted by Gasteiger charge is -2.34.